The molecule has 6 aromatic carbocycles. The molecule has 0 aliphatic carbocycles. The Hall–Kier alpha value is -6.00. The summed E-state index contributed by atoms with van der Waals surface area (Å²) in [6, 6.07) is 41.0. The SMILES string of the molecule is C=Cc1ccc(COc2cc(OCc3ccc(CC)cc3)c3cc(OCc4ccc(C=C)cc4)cc(OCc4ccc(C=C)cc4)c3c2)cc1. The van der Waals surface area contributed by atoms with Crippen molar-refractivity contribution in [3.8, 4) is 23.0 Å². The smallest absolute Gasteiger partial charge is 0.131 e. The fraction of sp³-hybridized carbons (Fsp3) is 0.130. The number of aryl methyl sites for hydroxylation is 1. The van der Waals surface area contributed by atoms with Crippen LogP contribution in [-0.2, 0) is 32.8 Å². The Balaban J connectivity index is 1.36. The molecule has 0 bridgehead atoms. The Morgan fingerprint density at radius 1 is 0.400 bits per heavy atom. The maximum atomic E-state index is 6.57. The van der Waals surface area contributed by atoms with Gasteiger partial charge in [-0.25, -0.2) is 0 Å². The zero-order valence-electron chi connectivity index (χ0n) is 28.6. The van der Waals surface area contributed by atoms with Crippen molar-refractivity contribution < 1.29 is 18.9 Å². The molecule has 0 atom stereocenters. The zero-order valence-corrected chi connectivity index (χ0v) is 28.6. The molecule has 4 heteroatoms. The first-order valence-corrected chi connectivity index (χ1v) is 16.9. The third-order valence-electron chi connectivity index (χ3n) is 8.62. The Morgan fingerprint density at radius 2 is 0.700 bits per heavy atom. The van der Waals surface area contributed by atoms with Crippen LogP contribution >= 0.6 is 0 Å². The summed E-state index contributed by atoms with van der Waals surface area (Å²) in [7, 11) is 0. The Kier molecular flexibility index (Phi) is 11.1. The molecule has 50 heavy (non-hydrogen) atoms. The molecule has 6 rings (SSSR count). The minimum Gasteiger partial charge on any atom is -0.489 e. The van der Waals surface area contributed by atoms with Gasteiger partial charge in [-0.15, -0.1) is 0 Å². The maximum Gasteiger partial charge on any atom is 0.131 e. The van der Waals surface area contributed by atoms with Crippen LogP contribution in [0.2, 0.25) is 0 Å². The lowest BCUT2D eigenvalue weighted by Crippen LogP contribution is -2.02. The van der Waals surface area contributed by atoms with E-state index < -0.39 is 0 Å². The standard InChI is InChI=1S/C46H42O4/c1-5-33-9-17-37(18-10-33)29-47-41-25-43-44(45(27-41)49-31-39-21-13-35(7-3)14-22-39)26-42(48-30-38-19-11-34(6-2)12-20-38)28-46(43)50-32-40-23-15-36(8-4)16-24-40/h5-7,9-28H,1-3,8,29-32H2,4H3. The Bertz CT molecular complexity index is 2060. The first kappa shape index (κ1) is 33.9. The molecule has 250 valence electrons. The first-order chi connectivity index (χ1) is 24.5. The molecule has 0 unspecified atom stereocenters. The second-order valence-electron chi connectivity index (χ2n) is 12.1. The fourth-order valence-electron chi connectivity index (χ4n) is 5.53. The summed E-state index contributed by atoms with van der Waals surface area (Å²) in [4.78, 5) is 0. The molecular formula is C46H42O4. The van der Waals surface area contributed by atoms with Gasteiger partial charge in [-0.3, -0.25) is 0 Å². The van der Waals surface area contributed by atoms with Gasteiger partial charge in [-0.05, 0) is 63.1 Å². The van der Waals surface area contributed by atoms with Gasteiger partial charge in [0, 0.05) is 22.9 Å². The van der Waals surface area contributed by atoms with Crippen molar-refractivity contribution >= 4 is 29.0 Å². The highest BCUT2D eigenvalue weighted by atomic mass is 16.5. The monoisotopic (exact) mass is 658 g/mol. The van der Waals surface area contributed by atoms with Crippen LogP contribution in [0.1, 0.15) is 51.4 Å². The van der Waals surface area contributed by atoms with Gasteiger partial charge >= 0.3 is 0 Å². The van der Waals surface area contributed by atoms with Crippen molar-refractivity contribution in [2.24, 2.45) is 0 Å². The van der Waals surface area contributed by atoms with Crippen LogP contribution in [0.4, 0.5) is 0 Å². The van der Waals surface area contributed by atoms with Gasteiger partial charge in [0.2, 0.25) is 0 Å². The Labute approximate surface area is 295 Å². The summed E-state index contributed by atoms with van der Waals surface area (Å²) in [6.45, 7) is 15.3. The highest BCUT2D eigenvalue weighted by molar-refractivity contribution is 5.95. The lowest BCUT2D eigenvalue weighted by atomic mass is 10.1. The summed E-state index contributed by atoms with van der Waals surface area (Å²) >= 11 is 0. The van der Waals surface area contributed by atoms with Crippen molar-refractivity contribution in [3.05, 3.63) is 186 Å². The normalized spacial score (nSPS) is 10.7. The number of hydrogen-bond acceptors (Lipinski definition) is 4. The third-order valence-corrected chi connectivity index (χ3v) is 8.62. The summed E-state index contributed by atoms with van der Waals surface area (Å²) in [6.07, 6.45) is 6.49. The highest BCUT2D eigenvalue weighted by Gasteiger charge is 2.15. The van der Waals surface area contributed by atoms with Crippen LogP contribution in [0.3, 0.4) is 0 Å². The topological polar surface area (TPSA) is 36.9 Å². The number of fused-ring (bicyclic) bond motifs is 1. The second kappa shape index (κ2) is 16.4. The van der Waals surface area contributed by atoms with Crippen molar-refractivity contribution in [2.45, 2.75) is 39.8 Å². The molecule has 0 saturated heterocycles. The summed E-state index contributed by atoms with van der Waals surface area (Å²) in [5, 5.41) is 1.74. The third kappa shape index (κ3) is 8.72. The van der Waals surface area contributed by atoms with Crippen LogP contribution in [0, 0.1) is 0 Å². The predicted octanol–water partition coefficient (Wildman–Crippen LogP) is 11.6. The highest BCUT2D eigenvalue weighted by Crippen LogP contribution is 2.41. The van der Waals surface area contributed by atoms with E-state index in [1.54, 1.807) is 0 Å². The van der Waals surface area contributed by atoms with Crippen LogP contribution in [0.25, 0.3) is 29.0 Å². The predicted molar refractivity (Wildman–Crippen MR) is 207 cm³/mol. The number of rotatable bonds is 16. The molecule has 0 aromatic heterocycles. The number of hydrogen-bond donors (Lipinski definition) is 0. The average Bonchev–Trinajstić information content (AvgIpc) is 3.18. The molecule has 0 N–H and O–H groups in total. The van der Waals surface area contributed by atoms with E-state index in [0.717, 1.165) is 56.1 Å². The quantitative estimate of drug-likeness (QED) is 0.104. The Morgan fingerprint density at radius 3 is 1.02 bits per heavy atom. The second-order valence-corrected chi connectivity index (χ2v) is 12.1. The molecule has 0 amide bonds. The van der Waals surface area contributed by atoms with Gasteiger partial charge in [-0.2, -0.15) is 0 Å². The fourth-order valence-corrected chi connectivity index (χ4v) is 5.53. The van der Waals surface area contributed by atoms with E-state index in [1.807, 2.05) is 78.9 Å². The van der Waals surface area contributed by atoms with Crippen LogP contribution < -0.4 is 18.9 Å². The van der Waals surface area contributed by atoms with Crippen molar-refractivity contribution in [1.29, 1.82) is 0 Å². The largest absolute Gasteiger partial charge is 0.489 e. The summed E-state index contributed by atoms with van der Waals surface area (Å²) in [5.41, 5.74) is 8.71. The van der Waals surface area contributed by atoms with E-state index in [4.69, 9.17) is 18.9 Å². The van der Waals surface area contributed by atoms with Crippen molar-refractivity contribution in [2.75, 3.05) is 0 Å². The van der Waals surface area contributed by atoms with E-state index in [1.165, 1.54) is 5.56 Å². The molecule has 0 fully saturated rings. The minimum absolute atomic E-state index is 0.375. The molecule has 0 aliphatic rings. The van der Waals surface area contributed by atoms with Gasteiger partial charge in [0.05, 0.1) is 0 Å². The number of benzene rings is 6. The lowest BCUT2D eigenvalue weighted by molar-refractivity contribution is 0.287. The van der Waals surface area contributed by atoms with Crippen molar-refractivity contribution in [1.82, 2.24) is 0 Å². The van der Waals surface area contributed by atoms with Crippen LogP contribution in [0.5, 0.6) is 23.0 Å². The van der Waals surface area contributed by atoms with Gasteiger partial charge in [-0.1, -0.05) is 142 Å². The van der Waals surface area contributed by atoms with E-state index in [2.05, 4.69) is 87.3 Å². The van der Waals surface area contributed by atoms with E-state index >= 15 is 0 Å². The number of ether oxygens (including phenoxy) is 4. The molecule has 6 aromatic rings. The van der Waals surface area contributed by atoms with E-state index in [0.29, 0.717) is 49.4 Å². The molecule has 0 aliphatic heterocycles. The summed E-state index contributed by atoms with van der Waals surface area (Å²) < 4.78 is 25.9. The van der Waals surface area contributed by atoms with E-state index in [-0.39, 0.29) is 0 Å². The van der Waals surface area contributed by atoms with Gasteiger partial charge in [0.15, 0.2) is 0 Å². The van der Waals surface area contributed by atoms with Gasteiger partial charge in [0.1, 0.15) is 49.4 Å². The zero-order chi connectivity index (χ0) is 34.7. The van der Waals surface area contributed by atoms with Gasteiger partial charge < -0.3 is 18.9 Å². The minimum atomic E-state index is 0.375. The van der Waals surface area contributed by atoms with Crippen LogP contribution in [0.15, 0.2) is 141 Å². The molecule has 4 nitrogen and oxygen atoms in total. The maximum absolute atomic E-state index is 6.57. The first-order valence-electron chi connectivity index (χ1n) is 16.9. The average molecular weight is 659 g/mol. The molecule has 0 heterocycles. The molecule has 0 spiro atoms. The molecule has 0 saturated carbocycles. The lowest BCUT2D eigenvalue weighted by Gasteiger charge is -2.18. The molecule has 0 radical (unpaired) electrons. The van der Waals surface area contributed by atoms with Gasteiger partial charge in [0.25, 0.3) is 0 Å². The van der Waals surface area contributed by atoms with Crippen LogP contribution in [-0.4, -0.2) is 0 Å². The molecular weight excluding hydrogens is 617 g/mol. The summed E-state index contributed by atoms with van der Waals surface area (Å²) in [5.74, 6) is 2.71. The van der Waals surface area contributed by atoms with E-state index in [9.17, 15) is 0 Å². The van der Waals surface area contributed by atoms with Crippen molar-refractivity contribution in [3.63, 3.8) is 0 Å².